The quantitative estimate of drug-likeness (QED) is 0.566. The molecule has 0 spiro atoms. The van der Waals surface area contributed by atoms with Crippen molar-refractivity contribution in [2.75, 3.05) is 6.61 Å². The highest BCUT2D eigenvalue weighted by Crippen LogP contribution is 2.44. The summed E-state index contributed by atoms with van der Waals surface area (Å²) in [4.78, 5) is 37.5. The van der Waals surface area contributed by atoms with Crippen molar-refractivity contribution in [1.29, 1.82) is 0 Å². The van der Waals surface area contributed by atoms with Crippen molar-refractivity contribution in [3.8, 4) is 11.1 Å². The Bertz CT molecular complexity index is 1050. The van der Waals surface area contributed by atoms with Crippen LogP contribution in [0.3, 0.4) is 0 Å². The fourth-order valence-corrected chi connectivity index (χ4v) is 5.22. The van der Waals surface area contributed by atoms with Gasteiger partial charge < -0.3 is 20.5 Å². The second kappa shape index (κ2) is 9.49. The van der Waals surface area contributed by atoms with Crippen LogP contribution < -0.4 is 10.6 Å². The number of fused-ring (bicyclic) bond motifs is 3. The zero-order valence-corrected chi connectivity index (χ0v) is 19.8. The Morgan fingerprint density at radius 3 is 2.21 bits per heavy atom. The summed E-state index contributed by atoms with van der Waals surface area (Å²) in [7, 11) is 0. The lowest BCUT2D eigenvalue weighted by Gasteiger charge is -2.30. The standard InChI is InChI=1S/C27H32N2O5/c1-16(2)23(24(30)28-22-13-8-14-27(22,3)25(31)32)29-26(33)34-15-21-19-11-6-4-9-17(19)18-10-5-7-12-20(18)21/h4-7,9-12,16,21-23H,8,13-15H2,1-3H3,(H,28,30)(H,29,33)(H,31,32)/t22?,23-,27?/m1/s1. The number of hydrogen-bond acceptors (Lipinski definition) is 4. The molecule has 3 N–H and O–H groups in total. The van der Waals surface area contributed by atoms with Crippen LogP contribution in [0.25, 0.3) is 11.1 Å². The lowest BCUT2D eigenvalue weighted by molar-refractivity contribution is -0.149. The molecular weight excluding hydrogens is 432 g/mol. The maximum atomic E-state index is 13.0. The molecule has 3 atom stereocenters. The number of aliphatic carboxylic acids is 1. The number of hydrogen-bond donors (Lipinski definition) is 3. The number of carbonyl (C=O) groups is 3. The monoisotopic (exact) mass is 464 g/mol. The van der Waals surface area contributed by atoms with E-state index in [1.54, 1.807) is 6.92 Å². The first-order chi connectivity index (χ1) is 16.2. The van der Waals surface area contributed by atoms with E-state index in [2.05, 4.69) is 22.8 Å². The van der Waals surface area contributed by atoms with E-state index in [-0.39, 0.29) is 24.3 Å². The van der Waals surface area contributed by atoms with Crippen LogP contribution in [0.1, 0.15) is 57.1 Å². The van der Waals surface area contributed by atoms with Crippen molar-refractivity contribution in [3.63, 3.8) is 0 Å². The normalized spacial score (nSPS) is 22.1. The number of ether oxygens (including phenoxy) is 1. The molecule has 180 valence electrons. The van der Waals surface area contributed by atoms with Gasteiger partial charge in [-0.3, -0.25) is 9.59 Å². The number of alkyl carbamates (subject to hydrolysis) is 1. The van der Waals surface area contributed by atoms with Gasteiger partial charge in [0, 0.05) is 12.0 Å². The number of carboxylic acids is 1. The van der Waals surface area contributed by atoms with E-state index in [4.69, 9.17) is 4.74 Å². The topological polar surface area (TPSA) is 105 Å². The van der Waals surface area contributed by atoms with Crippen LogP contribution in [-0.4, -0.2) is 41.8 Å². The Labute approximate surface area is 199 Å². The van der Waals surface area contributed by atoms with Crippen LogP contribution in [0.4, 0.5) is 4.79 Å². The third kappa shape index (κ3) is 4.39. The molecule has 0 saturated heterocycles. The minimum absolute atomic E-state index is 0.0701. The Morgan fingerprint density at radius 2 is 1.65 bits per heavy atom. The van der Waals surface area contributed by atoms with Gasteiger partial charge in [-0.15, -0.1) is 0 Å². The van der Waals surface area contributed by atoms with Crippen molar-refractivity contribution in [1.82, 2.24) is 10.6 Å². The molecule has 0 aromatic heterocycles. The smallest absolute Gasteiger partial charge is 0.407 e. The average Bonchev–Trinajstić information content (AvgIpc) is 3.34. The third-order valence-corrected chi connectivity index (χ3v) is 7.33. The fraction of sp³-hybridized carbons (Fsp3) is 0.444. The molecule has 2 aromatic rings. The van der Waals surface area contributed by atoms with Crippen LogP contribution in [0.5, 0.6) is 0 Å². The number of carbonyl (C=O) groups excluding carboxylic acids is 2. The summed E-state index contributed by atoms with van der Waals surface area (Å²) in [6, 6.07) is 14.9. The predicted octanol–water partition coefficient (Wildman–Crippen LogP) is 4.31. The van der Waals surface area contributed by atoms with E-state index in [0.29, 0.717) is 12.8 Å². The van der Waals surface area contributed by atoms with Gasteiger partial charge in [0.2, 0.25) is 5.91 Å². The second-order valence-corrected chi connectivity index (χ2v) is 9.87. The number of rotatable bonds is 7. The molecule has 34 heavy (non-hydrogen) atoms. The zero-order valence-electron chi connectivity index (χ0n) is 19.8. The van der Waals surface area contributed by atoms with E-state index in [0.717, 1.165) is 28.7 Å². The Kier molecular flexibility index (Phi) is 6.64. The number of benzene rings is 2. The minimum Gasteiger partial charge on any atom is -0.481 e. The average molecular weight is 465 g/mol. The van der Waals surface area contributed by atoms with Crippen LogP contribution >= 0.6 is 0 Å². The van der Waals surface area contributed by atoms with Gasteiger partial charge in [0.05, 0.1) is 5.41 Å². The first-order valence-electron chi connectivity index (χ1n) is 11.9. The summed E-state index contributed by atoms with van der Waals surface area (Å²) in [5.41, 5.74) is 3.52. The van der Waals surface area contributed by atoms with Gasteiger partial charge >= 0.3 is 12.1 Å². The molecule has 7 heteroatoms. The molecule has 0 bridgehead atoms. The van der Waals surface area contributed by atoms with Gasteiger partial charge in [0.25, 0.3) is 0 Å². The van der Waals surface area contributed by atoms with Crippen molar-refractivity contribution in [2.45, 2.75) is 58.0 Å². The molecule has 1 fully saturated rings. The third-order valence-electron chi connectivity index (χ3n) is 7.33. The molecule has 7 nitrogen and oxygen atoms in total. The maximum absolute atomic E-state index is 13.0. The Hall–Kier alpha value is -3.35. The SMILES string of the molecule is CC(C)[C@@H](NC(=O)OCC1c2ccccc2-c2ccccc21)C(=O)NC1CCCC1(C)C(=O)O. The van der Waals surface area contributed by atoms with Crippen LogP contribution in [0, 0.1) is 11.3 Å². The van der Waals surface area contributed by atoms with Gasteiger partial charge in [-0.1, -0.05) is 68.8 Å². The highest BCUT2D eigenvalue weighted by atomic mass is 16.5. The van der Waals surface area contributed by atoms with Crippen LogP contribution in [0.2, 0.25) is 0 Å². The van der Waals surface area contributed by atoms with Crippen molar-refractivity contribution >= 4 is 18.0 Å². The highest BCUT2D eigenvalue weighted by Gasteiger charge is 2.46. The number of carboxylic acid groups (broad SMARTS) is 1. The van der Waals surface area contributed by atoms with E-state index >= 15 is 0 Å². The van der Waals surface area contributed by atoms with Gasteiger partial charge in [-0.2, -0.15) is 0 Å². The van der Waals surface area contributed by atoms with Crippen molar-refractivity contribution in [3.05, 3.63) is 59.7 Å². The molecule has 2 aliphatic carbocycles. The van der Waals surface area contributed by atoms with E-state index < -0.39 is 29.6 Å². The van der Waals surface area contributed by atoms with Gasteiger partial charge in [0.1, 0.15) is 12.6 Å². The molecule has 0 heterocycles. The van der Waals surface area contributed by atoms with Crippen LogP contribution in [-0.2, 0) is 14.3 Å². The molecule has 0 radical (unpaired) electrons. The van der Waals surface area contributed by atoms with Gasteiger partial charge in [-0.05, 0) is 47.9 Å². The molecule has 4 rings (SSSR count). The summed E-state index contributed by atoms with van der Waals surface area (Å²) in [5, 5.41) is 15.2. The van der Waals surface area contributed by atoms with E-state index in [1.807, 2.05) is 50.2 Å². The number of nitrogens with one attached hydrogen (secondary N) is 2. The molecule has 2 aliphatic rings. The molecule has 1 saturated carbocycles. The molecule has 2 unspecified atom stereocenters. The summed E-state index contributed by atoms with van der Waals surface area (Å²) in [6.07, 6.45) is 1.19. The molecule has 2 amide bonds. The Balaban J connectivity index is 1.40. The first kappa shape index (κ1) is 23.8. The summed E-state index contributed by atoms with van der Waals surface area (Å²) >= 11 is 0. The lowest BCUT2D eigenvalue weighted by atomic mass is 9.84. The minimum atomic E-state index is -0.999. The Morgan fingerprint density at radius 1 is 1.06 bits per heavy atom. The fourth-order valence-electron chi connectivity index (χ4n) is 5.22. The van der Waals surface area contributed by atoms with E-state index in [1.165, 1.54) is 0 Å². The van der Waals surface area contributed by atoms with Crippen molar-refractivity contribution < 1.29 is 24.2 Å². The zero-order chi connectivity index (χ0) is 24.5. The summed E-state index contributed by atoms with van der Waals surface area (Å²) < 4.78 is 5.60. The molecule has 0 aliphatic heterocycles. The lowest BCUT2D eigenvalue weighted by Crippen LogP contribution is -2.55. The molecule has 2 aromatic carbocycles. The van der Waals surface area contributed by atoms with E-state index in [9.17, 15) is 19.5 Å². The maximum Gasteiger partial charge on any atom is 0.407 e. The second-order valence-electron chi connectivity index (χ2n) is 9.87. The summed E-state index contributed by atoms with van der Waals surface area (Å²) in [6.45, 7) is 5.49. The van der Waals surface area contributed by atoms with Gasteiger partial charge in [0.15, 0.2) is 0 Å². The molecular formula is C27H32N2O5. The number of amides is 2. The first-order valence-corrected chi connectivity index (χ1v) is 11.9. The highest BCUT2D eigenvalue weighted by molar-refractivity contribution is 5.87. The van der Waals surface area contributed by atoms with Crippen molar-refractivity contribution in [2.24, 2.45) is 11.3 Å². The largest absolute Gasteiger partial charge is 0.481 e. The van der Waals surface area contributed by atoms with Gasteiger partial charge in [-0.25, -0.2) is 4.79 Å². The van der Waals surface area contributed by atoms with Crippen LogP contribution in [0.15, 0.2) is 48.5 Å². The predicted molar refractivity (Wildman–Crippen MR) is 128 cm³/mol. The summed E-state index contributed by atoms with van der Waals surface area (Å²) in [5.74, 6) is -1.57.